The van der Waals surface area contributed by atoms with Gasteiger partial charge >= 0.3 is 5.97 Å². The first-order chi connectivity index (χ1) is 8.12. The van der Waals surface area contributed by atoms with Crippen molar-refractivity contribution >= 4 is 5.97 Å². The van der Waals surface area contributed by atoms with Crippen molar-refractivity contribution in [3.8, 4) is 5.75 Å². The Bertz CT molecular complexity index is 423. The van der Waals surface area contributed by atoms with E-state index in [4.69, 9.17) is 9.84 Å². The fraction of sp³-hybridized carbons (Fsp3) is 0.462. The number of aliphatic hydroxyl groups is 1. The average Bonchev–Trinajstić information content (AvgIpc) is 3.10. The summed E-state index contributed by atoms with van der Waals surface area (Å²) in [5, 5.41) is 18.8. The lowest BCUT2D eigenvalue weighted by Gasteiger charge is -2.21. The Balaban J connectivity index is 2.36. The Kier molecular flexibility index (Phi) is 3.07. The van der Waals surface area contributed by atoms with Crippen LogP contribution in [0.15, 0.2) is 24.3 Å². The number of benzene rings is 1. The van der Waals surface area contributed by atoms with E-state index in [9.17, 15) is 9.90 Å². The molecule has 1 atom stereocenters. The van der Waals surface area contributed by atoms with E-state index in [1.54, 1.807) is 0 Å². The summed E-state index contributed by atoms with van der Waals surface area (Å²) in [6.07, 6.45) is 0.0128. The topological polar surface area (TPSA) is 66.8 Å². The maximum Gasteiger partial charge on any atom is 0.333 e. The van der Waals surface area contributed by atoms with Gasteiger partial charge < -0.3 is 14.9 Å². The van der Waals surface area contributed by atoms with Crippen LogP contribution in [0.2, 0.25) is 0 Å². The van der Waals surface area contributed by atoms with Crippen LogP contribution in [-0.2, 0) is 10.2 Å². The summed E-state index contributed by atoms with van der Waals surface area (Å²) < 4.78 is 5.49. The minimum atomic E-state index is -1.36. The highest BCUT2D eigenvalue weighted by Crippen LogP contribution is 2.53. The fourth-order valence-corrected chi connectivity index (χ4v) is 2.22. The predicted molar refractivity (Wildman–Crippen MR) is 62.2 cm³/mol. The van der Waals surface area contributed by atoms with E-state index in [1.165, 1.54) is 0 Å². The van der Waals surface area contributed by atoms with Gasteiger partial charge in [-0.2, -0.15) is 0 Å². The molecule has 0 aromatic heterocycles. The fourth-order valence-electron chi connectivity index (χ4n) is 2.22. The Morgan fingerprint density at radius 2 is 2.12 bits per heavy atom. The minimum absolute atomic E-state index is 0.524. The number of carboxylic acid groups (broad SMARTS) is 1. The number of hydrogen-bond acceptors (Lipinski definition) is 3. The van der Waals surface area contributed by atoms with Gasteiger partial charge in [0.05, 0.1) is 6.61 Å². The maximum absolute atomic E-state index is 10.9. The molecular formula is C13H16O4. The van der Waals surface area contributed by atoms with Crippen LogP contribution in [0.5, 0.6) is 5.75 Å². The molecule has 0 saturated heterocycles. The molecule has 1 fully saturated rings. The molecule has 2 N–H and O–H groups in total. The van der Waals surface area contributed by atoms with Gasteiger partial charge in [-0.05, 0) is 25.8 Å². The Hall–Kier alpha value is -1.55. The zero-order valence-electron chi connectivity index (χ0n) is 9.72. The lowest BCUT2D eigenvalue weighted by molar-refractivity contribution is -0.148. The van der Waals surface area contributed by atoms with E-state index in [0.717, 1.165) is 5.56 Å². The van der Waals surface area contributed by atoms with Crippen LogP contribution >= 0.6 is 0 Å². The Labute approximate surface area is 99.8 Å². The molecule has 92 valence electrons. The first kappa shape index (κ1) is 11.9. The monoisotopic (exact) mass is 236 g/mol. The second-order valence-corrected chi connectivity index (χ2v) is 4.33. The van der Waals surface area contributed by atoms with Gasteiger partial charge in [0.2, 0.25) is 0 Å². The zero-order valence-corrected chi connectivity index (χ0v) is 9.72. The number of rotatable bonds is 5. The van der Waals surface area contributed by atoms with Gasteiger partial charge in [0.1, 0.15) is 5.75 Å². The quantitative estimate of drug-likeness (QED) is 0.814. The van der Waals surface area contributed by atoms with Gasteiger partial charge in [0, 0.05) is 11.0 Å². The standard InChI is InChI=1S/C13H16O4/c1-2-17-10-6-4-3-5-9(10)13(7-8-13)11(14)12(15)16/h3-6,11,14H,2,7-8H2,1H3,(H,15,16). The number of carbonyl (C=O) groups is 1. The van der Waals surface area contributed by atoms with Gasteiger partial charge in [-0.3, -0.25) is 0 Å². The third kappa shape index (κ3) is 2.00. The molecule has 1 unspecified atom stereocenters. The summed E-state index contributed by atoms with van der Waals surface area (Å²) in [7, 11) is 0. The molecule has 0 spiro atoms. The van der Waals surface area contributed by atoms with Crippen LogP contribution in [0.4, 0.5) is 0 Å². The van der Waals surface area contributed by atoms with E-state index in [-0.39, 0.29) is 0 Å². The summed E-state index contributed by atoms with van der Waals surface area (Å²) in [5.41, 5.74) is 0.147. The molecule has 1 aliphatic rings. The summed E-state index contributed by atoms with van der Waals surface area (Å²) >= 11 is 0. The average molecular weight is 236 g/mol. The van der Waals surface area contributed by atoms with Gasteiger partial charge in [-0.1, -0.05) is 18.2 Å². The lowest BCUT2D eigenvalue weighted by Crippen LogP contribution is -2.34. The number of aliphatic carboxylic acids is 1. The molecule has 1 saturated carbocycles. The van der Waals surface area contributed by atoms with Crippen LogP contribution in [0, 0.1) is 0 Å². The molecule has 2 rings (SSSR count). The Morgan fingerprint density at radius 3 is 2.65 bits per heavy atom. The lowest BCUT2D eigenvalue weighted by atomic mass is 9.89. The van der Waals surface area contributed by atoms with Crippen LogP contribution in [-0.4, -0.2) is 28.9 Å². The number of ether oxygens (including phenoxy) is 1. The molecule has 0 heterocycles. The van der Waals surface area contributed by atoms with Crippen molar-refractivity contribution in [1.29, 1.82) is 0 Å². The van der Waals surface area contributed by atoms with E-state index in [2.05, 4.69) is 0 Å². The normalized spacial score (nSPS) is 18.5. The molecule has 17 heavy (non-hydrogen) atoms. The van der Waals surface area contributed by atoms with Crippen molar-refractivity contribution < 1.29 is 19.7 Å². The van der Waals surface area contributed by atoms with Gasteiger partial charge in [0.25, 0.3) is 0 Å². The smallest absolute Gasteiger partial charge is 0.333 e. The highest BCUT2D eigenvalue weighted by Gasteiger charge is 2.54. The molecular weight excluding hydrogens is 220 g/mol. The number of aliphatic hydroxyl groups excluding tert-OH is 1. The number of hydrogen-bond donors (Lipinski definition) is 2. The Morgan fingerprint density at radius 1 is 1.47 bits per heavy atom. The first-order valence-corrected chi connectivity index (χ1v) is 5.75. The molecule has 4 nitrogen and oxygen atoms in total. The second kappa shape index (κ2) is 4.37. The first-order valence-electron chi connectivity index (χ1n) is 5.75. The van der Waals surface area contributed by atoms with Crippen LogP contribution in [0.25, 0.3) is 0 Å². The molecule has 1 aromatic carbocycles. The van der Waals surface area contributed by atoms with E-state index in [0.29, 0.717) is 25.2 Å². The third-order valence-corrected chi connectivity index (χ3v) is 3.27. The third-order valence-electron chi connectivity index (χ3n) is 3.27. The molecule has 0 bridgehead atoms. The van der Waals surface area contributed by atoms with E-state index >= 15 is 0 Å². The van der Waals surface area contributed by atoms with Gasteiger partial charge in [-0.25, -0.2) is 4.79 Å². The predicted octanol–water partition coefficient (Wildman–Crippen LogP) is 1.56. The number of para-hydroxylation sites is 1. The van der Waals surface area contributed by atoms with Crippen molar-refractivity contribution in [1.82, 2.24) is 0 Å². The molecule has 0 radical (unpaired) electrons. The van der Waals surface area contributed by atoms with E-state index < -0.39 is 17.5 Å². The maximum atomic E-state index is 10.9. The SMILES string of the molecule is CCOc1ccccc1C1(C(O)C(=O)O)CC1. The van der Waals surface area contributed by atoms with Crippen LogP contribution in [0.1, 0.15) is 25.3 Å². The summed E-state index contributed by atoms with van der Waals surface area (Å²) in [4.78, 5) is 10.9. The van der Waals surface area contributed by atoms with Crippen molar-refractivity contribution in [3.05, 3.63) is 29.8 Å². The molecule has 1 aliphatic carbocycles. The van der Waals surface area contributed by atoms with Crippen LogP contribution < -0.4 is 4.74 Å². The molecule has 0 aliphatic heterocycles. The van der Waals surface area contributed by atoms with Gasteiger partial charge in [0.15, 0.2) is 6.10 Å². The summed E-state index contributed by atoms with van der Waals surface area (Å²) in [6.45, 7) is 2.40. The second-order valence-electron chi connectivity index (χ2n) is 4.33. The van der Waals surface area contributed by atoms with Gasteiger partial charge in [-0.15, -0.1) is 0 Å². The largest absolute Gasteiger partial charge is 0.494 e. The molecule has 4 heteroatoms. The highest BCUT2D eigenvalue weighted by atomic mass is 16.5. The van der Waals surface area contributed by atoms with Crippen molar-refractivity contribution in [2.75, 3.05) is 6.61 Å². The summed E-state index contributed by atoms with van der Waals surface area (Å²) in [6, 6.07) is 7.34. The number of carboxylic acids is 1. The van der Waals surface area contributed by atoms with Crippen molar-refractivity contribution in [2.24, 2.45) is 0 Å². The van der Waals surface area contributed by atoms with Crippen molar-refractivity contribution in [3.63, 3.8) is 0 Å². The minimum Gasteiger partial charge on any atom is -0.494 e. The van der Waals surface area contributed by atoms with E-state index in [1.807, 2.05) is 31.2 Å². The van der Waals surface area contributed by atoms with Crippen molar-refractivity contribution in [2.45, 2.75) is 31.3 Å². The highest BCUT2D eigenvalue weighted by molar-refractivity contribution is 5.76. The molecule has 1 aromatic rings. The zero-order chi connectivity index (χ0) is 12.5. The summed E-state index contributed by atoms with van der Waals surface area (Å²) in [5.74, 6) is -0.499. The molecule has 0 amide bonds. The van der Waals surface area contributed by atoms with Crippen LogP contribution in [0.3, 0.4) is 0 Å².